The molecule has 0 amide bonds. The topological polar surface area (TPSA) is 29.1 Å². The predicted octanol–water partition coefficient (Wildman–Crippen LogP) is 2.80. The van der Waals surface area contributed by atoms with Crippen LogP contribution in [0.25, 0.3) is 0 Å². The van der Waals surface area contributed by atoms with Crippen LogP contribution in [0.4, 0.5) is 0 Å². The Morgan fingerprint density at radius 1 is 1.33 bits per heavy atom. The molecule has 2 nitrogen and oxygen atoms in total. The minimum Gasteiger partial charge on any atom is -0.310 e. The Morgan fingerprint density at radius 2 is 2.00 bits per heavy atom. The van der Waals surface area contributed by atoms with Gasteiger partial charge in [0, 0.05) is 28.9 Å². The standard InChI is InChI=1S/C15H23NOS/c1-12-4-6-13(7-5-12)15(14-8-9-14)16-10-3-11-18(2)17/h4-7,14-16H,3,8-11H2,1-2H3. The number of rotatable bonds is 7. The van der Waals surface area contributed by atoms with Gasteiger partial charge in [0.2, 0.25) is 0 Å². The lowest BCUT2D eigenvalue weighted by atomic mass is 10.0. The van der Waals surface area contributed by atoms with E-state index in [1.54, 1.807) is 6.26 Å². The fourth-order valence-electron chi connectivity index (χ4n) is 2.29. The van der Waals surface area contributed by atoms with Gasteiger partial charge in [-0.2, -0.15) is 0 Å². The fraction of sp³-hybridized carbons (Fsp3) is 0.600. The van der Waals surface area contributed by atoms with Crippen molar-refractivity contribution in [1.29, 1.82) is 0 Å². The zero-order valence-corrected chi connectivity index (χ0v) is 12.1. The molecule has 2 atom stereocenters. The minimum atomic E-state index is -0.663. The van der Waals surface area contributed by atoms with Crippen LogP contribution in [0, 0.1) is 12.8 Å². The summed E-state index contributed by atoms with van der Waals surface area (Å²) in [5, 5.41) is 3.64. The number of benzene rings is 1. The van der Waals surface area contributed by atoms with Gasteiger partial charge < -0.3 is 5.32 Å². The molecule has 1 aromatic rings. The van der Waals surface area contributed by atoms with Crippen LogP contribution in [0.2, 0.25) is 0 Å². The molecule has 100 valence electrons. The van der Waals surface area contributed by atoms with Crippen LogP contribution >= 0.6 is 0 Å². The Morgan fingerprint density at radius 3 is 2.56 bits per heavy atom. The first-order valence-electron chi connectivity index (χ1n) is 6.77. The molecule has 1 fully saturated rings. The number of nitrogens with one attached hydrogen (secondary N) is 1. The second-order valence-corrected chi connectivity index (χ2v) is 6.87. The summed E-state index contributed by atoms with van der Waals surface area (Å²) in [4.78, 5) is 0. The summed E-state index contributed by atoms with van der Waals surface area (Å²) in [6.45, 7) is 3.09. The molecule has 2 unspecified atom stereocenters. The van der Waals surface area contributed by atoms with E-state index in [4.69, 9.17) is 0 Å². The van der Waals surface area contributed by atoms with E-state index in [-0.39, 0.29) is 0 Å². The van der Waals surface area contributed by atoms with Gasteiger partial charge in [0.1, 0.15) is 0 Å². The third-order valence-electron chi connectivity index (χ3n) is 3.50. The third kappa shape index (κ3) is 4.21. The lowest BCUT2D eigenvalue weighted by Crippen LogP contribution is -2.25. The molecule has 0 radical (unpaired) electrons. The summed E-state index contributed by atoms with van der Waals surface area (Å²) in [5.74, 6) is 1.61. The van der Waals surface area contributed by atoms with Crippen LogP contribution in [0.5, 0.6) is 0 Å². The largest absolute Gasteiger partial charge is 0.310 e. The predicted molar refractivity (Wildman–Crippen MR) is 78.2 cm³/mol. The maximum absolute atomic E-state index is 11.0. The summed E-state index contributed by atoms with van der Waals surface area (Å²) in [6, 6.07) is 9.35. The average molecular weight is 265 g/mol. The van der Waals surface area contributed by atoms with Crippen molar-refractivity contribution in [3.05, 3.63) is 35.4 Å². The number of hydrogen-bond acceptors (Lipinski definition) is 2. The van der Waals surface area contributed by atoms with E-state index >= 15 is 0 Å². The normalized spacial score (nSPS) is 18.6. The van der Waals surface area contributed by atoms with Crippen molar-refractivity contribution in [3.8, 4) is 0 Å². The highest BCUT2D eigenvalue weighted by Gasteiger charge is 2.31. The molecule has 1 aromatic carbocycles. The van der Waals surface area contributed by atoms with Crippen molar-refractivity contribution in [1.82, 2.24) is 5.32 Å². The maximum atomic E-state index is 11.0. The van der Waals surface area contributed by atoms with E-state index in [2.05, 4.69) is 36.5 Å². The van der Waals surface area contributed by atoms with Crippen LogP contribution in [-0.2, 0) is 10.8 Å². The molecule has 1 N–H and O–H groups in total. The highest BCUT2D eigenvalue weighted by atomic mass is 32.2. The smallest absolute Gasteiger partial charge is 0.0348 e. The van der Waals surface area contributed by atoms with Gasteiger partial charge in [-0.25, -0.2) is 0 Å². The molecule has 1 aliphatic rings. The highest BCUT2D eigenvalue weighted by Crippen LogP contribution is 2.40. The Labute approximate surface area is 113 Å². The van der Waals surface area contributed by atoms with Gasteiger partial charge in [-0.3, -0.25) is 4.21 Å². The van der Waals surface area contributed by atoms with E-state index in [0.717, 1.165) is 24.6 Å². The molecule has 2 rings (SSSR count). The number of hydrogen-bond donors (Lipinski definition) is 1. The van der Waals surface area contributed by atoms with Gasteiger partial charge in [-0.1, -0.05) is 29.8 Å². The van der Waals surface area contributed by atoms with Crippen molar-refractivity contribution in [3.63, 3.8) is 0 Å². The Hall–Kier alpha value is -0.670. The molecule has 0 heterocycles. The molecular formula is C15H23NOS. The van der Waals surface area contributed by atoms with Crippen LogP contribution < -0.4 is 5.32 Å². The summed E-state index contributed by atoms with van der Waals surface area (Å²) in [5.41, 5.74) is 2.72. The van der Waals surface area contributed by atoms with Gasteiger partial charge >= 0.3 is 0 Å². The van der Waals surface area contributed by atoms with E-state index in [1.807, 2.05) is 0 Å². The van der Waals surface area contributed by atoms with Crippen molar-refractivity contribution in [2.24, 2.45) is 5.92 Å². The van der Waals surface area contributed by atoms with Crippen molar-refractivity contribution >= 4 is 10.8 Å². The first kappa shape index (κ1) is 13.8. The first-order chi connectivity index (χ1) is 8.66. The molecule has 1 saturated carbocycles. The van der Waals surface area contributed by atoms with Crippen LogP contribution in [0.15, 0.2) is 24.3 Å². The second-order valence-electron chi connectivity index (χ2n) is 5.31. The SMILES string of the molecule is Cc1ccc(C(NCCCS(C)=O)C2CC2)cc1. The van der Waals surface area contributed by atoms with Gasteiger partial charge in [0.25, 0.3) is 0 Å². The minimum absolute atomic E-state index is 0.496. The molecule has 1 aliphatic carbocycles. The van der Waals surface area contributed by atoms with E-state index in [1.165, 1.54) is 24.0 Å². The quantitative estimate of drug-likeness (QED) is 0.768. The van der Waals surface area contributed by atoms with Crippen molar-refractivity contribution in [2.75, 3.05) is 18.6 Å². The molecular weight excluding hydrogens is 242 g/mol. The summed E-state index contributed by atoms with van der Waals surface area (Å²) < 4.78 is 11.0. The fourth-order valence-corrected chi connectivity index (χ4v) is 2.84. The molecule has 0 aromatic heterocycles. The summed E-state index contributed by atoms with van der Waals surface area (Å²) in [6.07, 6.45) is 5.45. The van der Waals surface area contributed by atoms with Crippen molar-refractivity contribution in [2.45, 2.75) is 32.2 Å². The van der Waals surface area contributed by atoms with Gasteiger partial charge in [-0.05, 0) is 44.2 Å². The summed E-state index contributed by atoms with van der Waals surface area (Å²) in [7, 11) is -0.663. The monoisotopic (exact) mass is 265 g/mol. The van der Waals surface area contributed by atoms with Gasteiger partial charge in [-0.15, -0.1) is 0 Å². The lowest BCUT2D eigenvalue weighted by molar-refractivity contribution is 0.481. The van der Waals surface area contributed by atoms with Crippen LogP contribution in [0.1, 0.15) is 36.4 Å². The molecule has 0 bridgehead atoms. The third-order valence-corrected chi connectivity index (χ3v) is 4.37. The highest BCUT2D eigenvalue weighted by molar-refractivity contribution is 7.84. The average Bonchev–Trinajstić information content (AvgIpc) is 3.15. The van der Waals surface area contributed by atoms with E-state index in [9.17, 15) is 4.21 Å². The Bertz CT molecular complexity index is 397. The molecule has 0 aliphatic heterocycles. The number of aryl methyl sites for hydroxylation is 1. The Kier molecular flexibility index (Phi) is 4.95. The van der Waals surface area contributed by atoms with Crippen molar-refractivity contribution < 1.29 is 4.21 Å². The zero-order chi connectivity index (χ0) is 13.0. The van der Waals surface area contributed by atoms with E-state index < -0.39 is 10.8 Å². The molecule has 0 saturated heterocycles. The maximum Gasteiger partial charge on any atom is 0.0348 e. The lowest BCUT2D eigenvalue weighted by Gasteiger charge is -2.19. The first-order valence-corrected chi connectivity index (χ1v) is 8.49. The molecule has 0 spiro atoms. The van der Waals surface area contributed by atoms with E-state index in [0.29, 0.717) is 6.04 Å². The second kappa shape index (κ2) is 6.48. The van der Waals surface area contributed by atoms with Gasteiger partial charge in [0.05, 0.1) is 0 Å². The van der Waals surface area contributed by atoms with Gasteiger partial charge in [0.15, 0.2) is 0 Å². The van der Waals surface area contributed by atoms with Crippen LogP contribution in [-0.4, -0.2) is 22.8 Å². The van der Waals surface area contributed by atoms with Crippen LogP contribution in [0.3, 0.4) is 0 Å². The molecule has 18 heavy (non-hydrogen) atoms. The zero-order valence-electron chi connectivity index (χ0n) is 11.3. The summed E-state index contributed by atoms with van der Waals surface area (Å²) >= 11 is 0. The molecule has 3 heteroatoms. The Balaban J connectivity index is 1.88.